The van der Waals surface area contributed by atoms with Crippen LogP contribution in [0.25, 0.3) is 0 Å². The normalized spacial score (nSPS) is 22.7. The monoisotopic (exact) mass is 453 g/mol. The zero-order chi connectivity index (χ0) is 24.1. The molecular formula is C25H29B2N5O2. The number of hydroxylamine groups is 1. The third-order valence-corrected chi connectivity index (χ3v) is 5.82. The molecule has 1 amide bonds. The fourth-order valence-electron chi connectivity index (χ4n) is 4.04. The van der Waals surface area contributed by atoms with Crippen LogP contribution < -0.4 is 21.4 Å². The number of allylic oxidation sites excluding steroid dienone is 4. The molecule has 1 aromatic carbocycles. The molecule has 3 unspecified atom stereocenters. The molecule has 0 radical (unpaired) electrons. The molecule has 0 bridgehead atoms. The first-order valence-electron chi connectivity index (χ1n) is 11.5. The third kappa shape index (κ3) is 5.72. The number of benzene rings is 1. The Morgan fingerprint density at radius 3 is 2.94 bits per heavy atom. The van der Waals surface area contributed by atoms with E-state index in [0.717, 1.165) is 17.6 Å². The van der Waals surface area contributed by atoms with Gasteiger partial charge in [0.05, 0.1) is 0 Å². The number of aromatic nitrogens is 1. The van der Waals surface area contributed by atoms with E-state index in [4.69, 9.17) is 10.6 Å². The van der Waals surface area contributed by atoms with E-state index in [0.29, 0.717) is 35.5 Å². The number of rotatable bonds is 6. The van der Waals surface area contributed by atoms with Gasteiger partial charge < -0.3 is 0 Å². The first-order valence-corrected chi connectivity index (χ1v) is 11.5. The molecule has 1 aliphatic heterocycles. The average Bonchev–Trinajstić information content (AvgIpc) is 3.31. The Morgan fingerprint density at radius 1 is 1.29 bits per heavy atom. The van der Waals surface area contributed by atoms with Crippen LogP contribution in [-0.4, -0.2) is 37.4 Å². The zero-order valence-electron chi connectivity index (χ0n) is 19.6. The minimum atomic E-state index is -0.321. The van der Waals surface area contributed by atoms with E-state index in [2.05, 4.69) is 66.4 Å². The number of hydrogen-bond acceptors (Lipinski definition) is 6. The fourth-order valence-corrected chi connectivity index (χ4v) is 4.04. The standard InChI is InChI=1S/C25H29B2N5O2/c1-4-23(33)31-21-14-19(9-10-20(21)28)30-25-27-24(26-15-29-25)32-22(11-12-34-32)18-8-7-16(2)5-6-17(3)13-18/h4-10,13-17,22H,1,11-12,28H2,2-3H3,(H,29,30)(H,31,33)/b6-5-,8-7?,18-13?. The number of nitrogens with zero attached hydrogens (tertiary/aromatic N) is 2. The molecule has 7 nitrogen and oxygen atoms in total. The van der Waals surface area contributed by atoms with Gasteiger partial charge in [0, 0.05) is 0 Å². The van der Waals surface area contributed by atoms with Gasteiger partial charge in [0.25, 0.3) is 0 Å². The molecule has 4 rings (SSSR count). The summed E-state index contributed by atoms with van der Waals surface area (Å²) in [6, 6.07) is 5.46. The van der Waals surface area contributed by atoms with Gasteiger partial charge in [-0.3, -0.25) is 0 Å². The number of nitrogens with one attached hydrogen (secondary N) is 2. The van der Waals surface area contributed by atoms with Crippen molar-refractivity contribution in [3.05, 3.63) is 72.9 Å². The van der Waals surface area contributed by atoms with Crippen LogP contribution in [0.3, 0.4) is 0 Å². The fraction of sp³-hybridized carbons (Fsp3) is 0.280. The van der Waals surface area contributed by atoms with Crippen molar-refractivity contribution in [2.24, 2.45) is 11.8 Å². The van der Waals surface area contributed by atoms with Gasteiger partial charge in [0.2, 0.25) is 0 Å². The maximum absolute atomic E-state index is 11.7. The molecule has 9 heteroatoms. The van der Waals surface area contributed by atoms with Crippen molar-refractivity contribution in [1.29, 1.82) is 0 Å². The molecule has 4 N–H and O–H groups in total. The van der Waals surface area contributed by atoms with Crippen molar-refractivity contribution in [2.75, 3.05) is 28.0 Å². The summed E-state index contributed by atoms with van der Waals surface area (Å²) in [6.07, 6.45) is 15.1. The van der Waals surface area contributed by atoms with E-state index in [9.17, 15) is 4.79 Å². The van der Waals surface area contributed by atoms with E-state index in [1.54, 1.807) is 18.2 Å². The van der Waals surface area contributed by atoms with Crippen molar-refractivity contribution in [3.63, 3.8) is 0 Å². The van der Waals surface area contributed by atoms with E-state index in [1.807, 2.05) is 25.0 Å². The molecule has 1 aliphatic carbocycles. The van der Waals surface area contributed by atoms with Crippen LogP contribution in [-0.2, 0) is 9.63 Å². The van der Waals surface area contributed by atoms with E-state index >= 15 is 0 Å². The van der Waals surface area contributed by atoms with Crippen LogP contribution in [0.4, 0.5) is 28.3 Å². The SMILES string of the molecule is C=CC(=O)Nc1cc(Nc2bc(N3OCCC3C3=CC(C)/C=C\C(C)C=C3)bcn2)ccc1N. The predicted molar refractivity (Wildman–Crippen MR) is 141 cm³/mol. The summed E-state index contributed by atoms with van der Waals surface area (Å²) in [7, 11) is 0. The second kappa shape index (κ2) is 10.7. The molecule has 34 heavy (non-hydrogen) atoms. The van der Waals surface area contributed by atoms with Crippen molar-refractivity contribution in [2.45, 2.75) is 26.3 Å². The Kier molecular flexibility index (Phi) is 7.43. The van der Waals surface area contributed by atoms with Crippen LogP contribution in [0.2, 0.25) is 0 Å². The quantitative estimate of drug-likeness (QED) is 0.348. The Hall–Kier alpha value is -3.45. The number of amides is 1. The van der Waals surface area contributed by atoms with Crippen LogP contribution in [0, 0.1) is 11.8 Å². The number of hydrogen-bond donors (Lipinski definition) is 3. The number of carbonyl (C=O) groups is 1. The van der Waals surface area contributed by atoms with Crippen LogP contribution in [0.5, 0.6) is 0 Å². The maximum atomic E-state index is 11.7. The van der Waals surface area contributed by atoms with Gasteiger partial charge in [0.15, 0.2) is 0 Å². The van der Waals surface area contributed by atoms with Gasteiger partial charge in [-0.15, -0.1) is 0 Å². The zero-order valence-corrected chi connectivity index (χ0v) is 19.6. The molecule has 2 aliphatic rings. The van der Waals surface area contributed by atoms with Crippen molar-refractivity contribution in [1.82, 2.24) is 4.98 Å². The van der Waals surface area contributed by atoms with Gasteiger partial charge in [-0.2, -0.15) is 0 Å². The summed E-state index contributed by atoms with van der Waals surface area (Å²) in [6.45, 7) is 12.4. The van der Waals surface area contributed by atoms with Crippen LogP contribution >= 0.6 is 0 Å². The van der Waals surface area contributed by atoms with Gasteiger partial charge >= 0.3 is 202 Å². The molecule has 172 valence electrons. The van der Waals surface area contributed by atoms with E-state index in [1.165, 1.54) is 11.6 Å². The van der Waals surface area contributed by atoms with E-state index in [-0.39, 0.29) is 11.9 Å². The Bertz CT molecular complexity index is 1160. The first kappa shape index (κ1) is 23.7. The molecule has 1 aromatic heterocycles. The molecule has 3 atom stereocenters. The van der Waals surface area contributed by atoms with Crippen molar-refractivity contribution < 1.29 is 9.63 Å². The summed E-state index contributed by atoms with van der Waals surface area (Å²) >= 11 is 0. The molecule has 1 fully saturated rings. The summed E-state index contributed by atoms with van der Waals surface area (Å²) < 4.78 is 0. The van der Waals surface area contributed by atoms with E-state index < -0.39 is 0 Å². The number of nitrogens with two attached hydrogens (primary N) is 1. The number of anilines is 5. The summed E-state index contributed by atoms with van der Waals surface area (Å²) in [5, 5.41) is 7.98. The summed E-state index contributed by atoms with van der Waals surface area (Å²) in [5.41, 5.74) is 10.5. The molecular weight excluding hydrogens is 424 g/mol. The van der Waals surface area contributed by atoms with Crippen LogP contribution in [0.1, 0.15) is 20.3 Å². The minimum absolute atomic E-state index is 0.130. The van der Waals surface area contributed by atoms with Crippen molar-refractivity contribution >= 4 is 48.0 Å². The third-order valence-electron chi connectivity index (χ3n) is 5.82. The second-order valence-corrected chi connectivity index (χ2v) is 8.61. The van der Waals surface area contributed by atoms with Gasteiger partial charge in [-0.25, -0.2) is 0 Å². The summed E-state index contributed by atoms with van der Waals surface area (Å²) in [5.74, 6) is 0.443. The van der Waals surface area contributed by atoms with Gasteiger partial charge in [-0.05, 0) is 0 Å². The second-order valence-electron chi connectivity index (χ2n) is 8.61. The number of carbonyl (C=O) groups excluding carboxylic acids is 1. The summed E-state index contributed by atoms with van der Waals surface area (Å²) in [4.78, 5) is 22.2. The average molecular weight is 453 g/mol. The van der Waals surface area contributed by atoms with Crippen molar-refractivity contribution in [3.8, 4) is 0 Å². The molecule has 2 heterocycles. The molecule has 1 saturated heterocycles. The Morgan fingerprint density at radius 2 is 2.12 bits per heavy atom. The Balaban J connectivity index is 1.55. The molecule has 0 spiro atoms. The van der Waals surface area contributed by atoms with Gasteiger partial charge in [-0.1, -0.05) is 0 Å². The van der Waals surface area contributed by atoms with Crippen LogP contribution in [0.15, 0.2) is 72.9 Å². The Labute approximate surface area is 201 Å². The van der Waals surface area contributed by atoms with Gasteiger partial charge in [0.1, 0.15) is 0 Å². The molecule has 0 saturated carbocycles. The molecule has 2 aromatic rings. The number of nitrogen functional groups attached to an aromatic ring is 1. The predicted octanol–water partition coefficient (Wildman–Crippen LogP) is 4.04. The topological polar surface area (TPSA) is 92.5 Å². The first-order chi connectivity index (χ1) is 16.4.